The van der Waals surface area contributed by atoms with Gasteiger partial charge in [0, 0.05) is 17.4 Å². The number of nitrogens with zero attached hydrogens (tertiary/aromatic N) is 1. The number of likely N-dealkylation sites (tertiary alicyclic amines) is 1. The van der Waals surface area contributed by atoms with E-state index in [0.717, 1.165) is 4.90 Å². The van der Waals surface area contributed by atoms with Crippen LogP contribution in [-0.2, 0) is 14.6 Å². The molecule has 21 heavy (non-hydrogen) atoms. The third-order valence-corrected chi connectivity index (χ3v) is 5.38. The molecule has 1 aromatic rings. The van der Waals surface area contributed by atoms with E-state index in [2.05, 4.69) is 15.9 Å². The Morgan fingerprint density at radius 3 is 2.48 bits per heavy atom. The number of hydrogen-bond acceptors (Lipinski definition) is 3. The summed E-state index contributed by atoms with van der Waals surface area (Å²) in [6.07, 6.45) is -0.0900. The van der Waals surface area contributed by atoms with Crippen LogP contribution in [0.2, 0.25) is 0 Å². The van der Waals surface area contributed by atoms with E-state index in [4.69, 9.17) is 0 Å². The SMILES string of the molecule is O=C(CS(=O)(=O)c1ccc(Br)cc1)N1CCCC(F)(F)C1. The van der Waals surface area contributed by atoms with Crippen molar-refractivity contribution in [3.8, 4) is 0 Å². The molecule has 8 heteroatoms. The van der Waals surface area contributed by atoms with Gasteiger partial charge in [-0.2, -0.15) is 0 Å². The summed E-state index contributed by atoms with van der Waals surface area (Å²) in [5.41, 5.74) is 0. The van der Waals surface area contributed by atoms with Gasteiger partial charge >= 0.3 is 0 Å². The van der Waals surface area contributed by atoms with E-state index in [-0.39, 0.29) is 24.3 Å². The Kier molecular flexibility index (Phi) is 4.67. The molecule has 0 unspecified atom stereocenters. The average molecular weight is 382 g/mol. The maximum atomic E-state index is 13.3. The summed E-state index contributed by atoms with van der Waals surface area (Å²) in [6.45, 7) is -0.536. The van der Waals surface area contributed by atoms with Crippen LogP contribution in [0.1, 0.15) is 12.8 Å². The van der Waals surface area contributed by atoms with Crippen molar-refractivity contribution in [2.75, 3.05) is 18.8 Å². The lowest BCUT2D eigenvalue weighted by Gasteiger charge is -2.32. The molecule has 1 aliphatic rings. The van der Waals surface area contributed by atoms with Crippen molar-refractivity contribution in [2.45, 2.75) is 23.7 Å². The van der Waals surface area contributed by atoms with Gasteiger partial charge in [0.2, 0.25) is 5.91 Å². The highest BCUT2D eigenvalue weighted by atomic mass is 79.9. The number of sulfone groups is 1. The van der Waals surface area contributed by atoms with Gasteiger partial charge in [-0.05, 0) is 30.7 Å². The van der Waals surface area contributed by atoms with Gasteiger partial charge in [0.15, 0.2) is 9.84 Å². The number of carbonyl (C=O) groups excluding carboxylic acids is 1. The Bertz CT molecular complexity index is 631. The Morgan fingerprint density at radius 1 is 1.29 bits per heavy atom. The second-order valence-corrected chi connectivity index (χ2v) is 7.89. The highest BCUT2D eigenvalue weighted by Crippen LogP contribution is 2.27. The van der Waals surface area contributed by atoms with E-state index >= 15 is 0 Å². The van der Waals surface area contributed by atoms with Crippen molar-refractivity contribution in [1.29, 1.82) is 0 Å². The molecule has 0 N–H and O–H groups in total. The van der Waals surface area contributed by atoms with Gasteiger partial charge < -0.3 is 4.90 Å². The van der Waals surface area contributed by atoms with Crippen molar-refractivity contribution < 1.29 is 22.0 Å². The highest BCUT2D eigenvalue weighted by molar-refractivity contribution is 9.10. The smallest absolute Gasteiger partial charge is 0.265 e. The lowest BCUT2D eigenvalue weighted by Crippen LogP contribution is -2.47. The van der Waals surface area contributed by atoms with Gasteiger partial charge in [-0.15, -0.1) is 0 Å². The summed E-state index contributed by atoms with van der Waals surface area (Å²) < 4.78 is 51.5. The Morgan fingerprint density at radius 2 is 1.90 bits per heavy atom. The minimum Gasteiger partial charge on any atom is -0.336 e. The largest absolute Gasteiger partial charge is 0.336 e. The minimum absolute atomic E-state index is 0.00261. The predicted molar refractivity (Wildman–Crippen MR) is 77.0 cm³/mol. The number of carbonyl (C=O) groups is 1. The monoisotopic (exact) mass is 381 g/mol. The number of hydrogen-bond donors (Lipinski definition) is 0. The first-order valence-corrected chi connectivity index (χ1v) is 8.78. The fourth-order valence-electron chi connectivity index (χ4n) is 2.16. The molecule has 4 nitrogen and oxygen atoms in total. The molecule has 0 aromatic heterocycles. The lowest BCUT2D eigenvalue weighted by molar-refractivity contribution is -0.138. The molecule has 0 aliphatic carbocycles. The average Bonchev–Trinajstić information content (AvgIpc) is 2.37. The van der Waals surface area contributed by atoms with Gasteiger partial charge in [-0.1, -0.05) is 15.9 Å². The third kappa shape index (κ3) is 4.23. The first-order valence-electron chi connectivity index (χ1n) is 6.34. The summed E-state index contributed by atoms with van der Waals surface area (Å²) in [7, 11) is -3.82. The van der Waals surface area contributed by atoms with Crippen LogP contribution in [0, 0.1) is 0 Å². The molecular weight excluding hydrogens is 368 g/mol. The number of halogens is 3. The summed E-state index contributed by atoms with van der Waals surface area (Å²) in [6, 6.07) is 5.84. The molecule has 116 valence electrons. The topological polar surface area (TPSA) is 54.5 Å². The van der Waals surface area contributed by atoms with Crippen LogP contribution >= 0.6 is 15.9 Å². The summed E-state index contributed by atoms with van der Waals surface area (Å²) in [5.74, 6) is -4.50. The number of piperidine rings is 1. The molecule has 1 aromatic carbocycles. The normalized spacial score (nSPS) is 18.5. The van der Waals surface area contributed by atoms with Crippen LogP contribution in [0.4, 0.5) is 8.78 Å². The molecule has 0 atom stereocenters. The first-order chi connectivity index (χ1) is 9.70. The fraction of sp³-hybridized carbons (Fsp3) is 0.462. The quantitative estimate of drug-likeness (QED) is 0.807. The van der Waals surface area contributed by atoms with Crippen LogP contribution in [0.3, 0.4) is 0 Å². The van der Waals surface area contributed by atoms with Crippen molar-refractivity contribution in [3.63, 3.8) is 0 Å². The molecule has 0 bridgehead atoms. The molecule has 1 amide bonds. The zero-order chi connectivity index (χ0) is 15.7. The summed E-state index contributed by atoms with van der Waals surface area (Å²) in [5, 5.41) is 0. The second-order valence-electron chi connectivity index (χ2n) is 4.99. The van der Waals surface area contributed by atoms with Crippen molar-refractivity contribution in [1.82, 2.24) is 4.90 Å². The Hall–Kier alpha value is -1.02. The van der Waals surface area contributed by atoms with Crippen LogP contribution in [0.25, 0.3) is 0 Å². The molecule has 2 rings (SSSR count). The summed E-state index contributed by atoms with van der Waals surface area (Å²) in [4.78, 5) is 12.9. The van der Waals surface area contributed by atoms with Crippen molar-refractivity contribution >= 4 is 31.7 Å². The van der Waals surface area contributed by atoms with Crippen LogP contribution in [0.15, 0.2) is 33.6 Å². The molecule has 0 spiro atoms. The molecule has 1 aliphatic heterocycles. The van der Waals surface area contributed by atoms with E-state index in [1.54, 1.807) is 12.1 Å². The van der Waals surface area contributed by atoms with Gasteiger partial charge in [0.25, 0.3) is 5.92 Å². The zero-order valence-electron chi connectivity index (χ0n) is 11.1. The third-order valence-electron chi connectivity index (χ3n) is 3.23. The highest BCUT2D eigenvalue weighted by Gasteiger charge is 2.38. The Balaban J connectivity index is 2.09. The van der Waals surface area contributed by atoms with E-state index in [1.807, 2.05) is 0 Å². The van der Waals surface area contributed by atoms with Crippen LogP contribution < -0.4 is 0 Å². The first kappa shape index (κ1) is 16.4. The lowest BCUT2D eigenvalue weighted by atomic mass is 10.1. The summed E-state index contributed by atoms with van der Waals surface area (Å²) >= 11 is 3.18. The van der Waals surface area contributed by atoms with E-state index in [1.165, 1.54) is 12.1 Å². The van der Waals surface area contributed by atoms with Crippen molar-refractivity contribution in [2.24, 2.45) is 0 Å². The van der Waals surface area contributed by atoms with Gasteiger partial charge in [0.05, 0.1) is 11.4 Å². The molecule has 1 heterocycles. The zero-order valence-corrected chi connectivity index (χ0v) is 13.5. The molecule has 1 fully saturated rings. The maximum absolute atomic E-state index is 13.3. The fourth-order valence-corrected chi connectivity index (χ4v) is 3.65. The molecule has 0 radical (unpaired) electrons. The second kappa shape index (κ2) is 6.00. The van der Waals surface area contributed by atoms with Gasteiger partial charge in [0.1, 0.15) is 5.75 Å². The van der Waals surface area contributed by atoms with Crippen molar-refractivity contribution in [3.05, 3.63) is 28.7 Å². The predicted octanol–water partition coefficient (Wildman–Crippen LogP) is 2.48. The maximum Gasteiger partial charge on any atom is 0.265 e. The van der Waals surface area contributed by atoms with Gasteiger partial charge in [-0.25, -0.2) is 17.2 Å². The van der Waals surface area contributed by atoms with Crippen LogP contribution in [-0.4, -0.2) is 44.0 Å². The number of amides is 1. The molecule has 1 saturated heterocycles. The van der Waals surface area contributed by atoms with Gasteiger partial charge in [-0.3, -0.25) is 4.79 Å². The number of alkyl halides is 2. The van der Waals surface area contributed by atoms with E-state index < -0.39 is 34.0 Å². The molecule has 0 saturated carbocycles. The standard InChI is InChI=1S/C13H14BrF2NO3S/c14-10-2-4-11(5-3-10)21(19,20)8-12(18)17-7-1-6-13(15,16)9-17/h2-5H,1,6-9H2. The van der Waals surface area contributed by atoms with E-state index in [0.29, 0.717) is 4.47 Å². The van der Waals surface area contributed by atoms with E-state index in [9.17, 15) is 22.0 Å². The minimum atomic E-state index is -3.82. The molecular formula is C13H14BrF2NO3S. The number of benzene rings is 1. The Labute approximate surface area is 130 Å². The van der Waals surface area contributed by atoms with Crippen LogP contribution in [0.5, 0.6) is 0 Å². The number of rotatable bonds is 3.